The summed E-state index contributed by atoms with van der Waals surface area (Å²) in [6.07, 6.45) is 3.10. The van der Waals surface area contributed by atoms with E-state index in [0.29, 0.717) is 12.3 Å². The lowest BCUT2D eigenvalue weighted by Crippen LogP contribution is -2.29. The third-order valence-electron chi connectivity index (χ3n) is 5.28. The number of Topliss-reactive ketones (excluding diaryl/α,β-unsaturated/α-hetero) is 1. The highest BCUT2D eigenvalue weighted by atomic mass is 16.1. The van der Waals surface area contributed by atoms with Crippen molar-refractivity contribution in [3.63, 3.8) is 0 Å². The molecule has 0 spiro atoms. The van der Waals surface area contributed by atoms with Crippen molar-refractivity contribution in [1.29, 1.82) is 0 Å². The monoisotopic (exact) mass is 352 g/mol. The van der Waals surface area contributed by atoms with Gasteiger partial charge in [0.1, 0.15) is 0 Å². The molecule has 4 heteroatoms. The summed E-state index contributed by atoms with van der Waals surface area (Å²) in [5.74, 6) is 0.949. The van der Waals surface area contributed by atoms with Crippen LogP contribution in [0.4, 0.5) is 0 Å². The Labute approximate surface area is 155 Å². The molecular formula is C22H28N2O2. The van der Waals surface area contributed by atoms with Gasteiger partial charge < -0.3 is 0 Å². The van der Waals surface area contributed by atoms with E-state index in [9.17, 15) is 9.59 Å². The maximum Gasteiger partial charge on any atom is 0.267 e. The molecule has 3 rings (SSSR count). The van der Waals surface area contributed by atoms with Gasteiger partial charge in [-0.25, -0.2) is 4.68 Å². The van der Waals surface area contributed by atoms with Crippen molar-refractivity contribution in [2.75, 3.05) is 0 Å². The molecule has 0 saturated heterocycles. The van der Waals surface area contributed by atoms with Gasteiger partial charge in [-0.1, -0.05) is 38.1 Å². The van der Waals surface area contributed by atoms with Crippen LogP contribution in [0, 0.1) is 5.92 Å². The zero-order valence-corrected chi connectivity index (χ0v) is 16.2. The fraction of sp³-hybridized carbons (Fsp3) is 0.500. The molecule has 0 saturated carbocycles. The van der Waals surface area contributed by atoms with Crippen LogP contribution < -0.4 is 5.56 Å². The summed E-state index contributed by atoms with van der Waals surface area (Å²) in [6.45, 7) is 8.24. The van der Waals surface area contributed by atoms with E-state index in [0.717, 1.165) is 36.1 Å². The first-order valence-corrected chi connectivity index (χ1v) is 9.60. The minimum Gasteiger partial charge on any atom is -0.294 e. The molecule has 0 aliphatic heterocycles. The molecule has 1 unspecified atom stereocenters. The van der Waals surface area contributed by atoms with Crippen molar-refractivity contribution in [1.82, 2.24) is 9.78 Å². The van der Waals surface area contributed by atoms with Gasteiger partial charge >= 0.3 is 0 Å². The first-order chi connectivity index (χ1) is 12.3. The van der Waals surface area contributed by atoms with Crippen molar-refractivity contribution < 1.29 is 4.79 Å². The van der Waals surface area contributed by atoms with Gasteiger partial charge in [-0.2, -0.15) is 5.10 Å². The van der Waals surface area contributed by atoms with Gasteiger partial charge in [0.05, 0.1) is 11.7 Å². The van der Waals surface area contributed by atoms with Crippen LogP contribution in [-0.2, 0) is 12.8 Å². The lowest BCUT2D eigenvalue weighted by atomic mass is 9.83. The van der Waals surface area contributed by atoms with Crippen molar-refractivity contribution >= 4 is 5.78 Å². The number of hydrogen-bond donors (Lipinski definition) is 0. The summed E-state index contributed by atoms with van der Waals surface area (Å²) in [5.41, 5.74) is 4.03. The average Bonchev–Trinajstić information content (AvgIpc) is 2.60. The second-order valence-corrected chi connectivity index (χ2v) is 8.01. The molecule has 0 amide bonds. The number of aromatic nitrogens is 2. The molecule has 0 radical (unpaired) electrons. The predicted octanol–water partition coefficient (Wildman–Crippen LogP) is 4.33. The van der Waals surface area contributed by atoms with Crippen LogP contribution in [0.1, 0.15) is 79.7 Å². The number of benzene rings is 1. The van der Waals surface area contributed by atoms with Crippen LogP contribution in [0.15, 0.2) is 35.1 Å². The molecule has 0 bridgehead atoms. The Morgan fingerprint density at radius 3 is 2.50 bits per heavy atom. The van der Waals surface area contributed by atoms with Crippen LogP contribution in [0.5, 0.6) is 0 Å². The maximum absolute atomic E-state index is 12.6. The number of rotatable bonds is 5. The molecule has 1 aromatic carbocycles. The van der Waals surface area contributed by atoms with E-state index in [2.05, 4.69) is 18.9 Å². The van der Waals surface area contributed by atoms with Gasteiger partial charge in [0.15, 0.2) is 5.78 Å². The first kappa shape index (κ1) is 18.6. The zero-order valence-electron chi connectivity index (χ0n) is 16.2. The van der Waals surface area contributed by atoms with E-state index >= 15 is 0 Å². The maximum atomic E-state index is 12.6. The van der Waals surface area contributed by atoms with Crippen LogP contribution in [0.2, 0.25) is 0 Å². The second kappa shape index (κ2) is 7.56. The molecule has 26 heavy (non-hydrogen) atoms. The summed E-state index contributed by atoms with van der Waals surface area (Å²) in [6, 6.07) is 9.77. The Morgan fingerprint density at radius 1 is 1.19 bits per heavy atom. The van der Waals surface area contributed by atoms with Gasteiger partial charge in [0, 0.05) is 18.1 Å². The van der Waals surface area contributed by atoms with E-state index in [-0.39, 0.29) is 23.3 Å². The average molecular weight is 352 g/mol. The largest absolute Gasteiger partial charge is 0.294 e. The molecule has 1 atom stereocenters. The Morgan fingerprint density at radius 2 is 1.88 bits per heavy atom. The number of aryl methyl sites for hydroxylation is 1. The van der Waals surface area contributed by atoms with Gasteiger partial charge in [-0.3, -0.25) is 9.59 Å². The van der Waals surface area contributed by atoms with E-state index in [1.807, 2.05) is 38.1 Å². The number of ketones is 1. The topological polar surface area (TPSA) is 52.0 Å². The smallest absolute Gasteiger partial charge is 0.267 e. The third kappa shape index (κ3) is 3.95. The predicted molar refractivity (Wildman–Crippen MR) is 104 cm³/mol. The van der Waals surface area contributed by atoms with Crippen LogP contribution in [0.3, 0.4) is 0 Å². The molecule has 2 aromatic rings. The highest BCUT2D eigenvalue weighted by molar-refractivity contribution is 5.96. The van der Waals surface area contributed by atoms with Crippen LogP contribution >= 0.6 is 0 Å². The SMILES string of the molecule is CC(C)c1ccc(C(=O)CC2CCc3nn(C(C)C)c(=O)cc3C2)cc1. The van der Waals surface area contributed by atoms with Crippen LogP contribution in [-0.4, -0.2) is 15.6 Å². The fourth-order valence-electron chi connectivity index (χ4n) is 3.66. The molecule has 1 aliphatic carbocycles. The number of fused-ring (bicyclic) bond motifs is 1. The minimum atomic E-state index is -0.0463. The first-order valence-electron chi connectivity index (χ1n) is 9.60. The highest BCUT2D eigenvalue weighted by Crippen LogP contribution is 2.27. The van der Waals surface area contributed by atoms with E-state index in [1.54, 1.807) is 10.7 Å². The van der Waals surface area contributed by atoms with Crippen molar-refractivity contribution in [3.8, 4) is 0 Å². The molecule has 1 heterocycles. The highest BCUT2D eigenvalue weighted by Gasteiger charge is 2.24. The summed E-state index contributed by atoms with van der Waals surface area (Å²) in [7, 11) is 0. The lowest BCUT2D eigenvalue weighted by Gasteiger charge is -2.24. The van der Waals surface area contributed by atoms with E-state index < -0.39 is 0 Å². The fourth-order valence-corrected chi connectivity index (χ4v) is 3.66. The molecule has 1 aromatic heterocycles. The molecule has 0 N–H and O–H groups in total. The van der Waals surface area contributed by atoms with Crippen LogP contribution in [0.25, 0.3) is 0 Å². The van der Waals surface area contributed by atoms with E-state index in [4.69, 9.17) is 0 Å². The van der Waals surface area contributed by atoms with Crippen molar-refractivity contribution in [3.05, 3.63) is 63.1 Å². The zero-order chi connectivity index (χ0) is 18.8. The quantitative estimate of drug-likeness (QED) is 0.753. The van der Waals surface area contributed by atoms with Gasteiger partial charge in [-0.05, 0) is 56.1 Å². The molecule has 1 aliphatic rings. The molecule has 4 nitrogen and oxygen atoms in total. The second-order valence-electron chi connectivity index (χ2n) is 8.01. The number of carbonyl (C=O) groups is 1. The Bertz CT molecular complexity index is 847. The molecule has 138 valence electrons. The normalized spacial score (nSPS) is 16.8. The Balaban J connectivity index is 1.70. The number of carbonyl (C=O) groups excluding carboxylic acids is 1. The van der Waals surface area contributed by atoms with E-state index in [1.165, 1.54) is 5.56 Å². The Hall–Kier alpha value is -2.23. The van der Waals surface area contributed by atoms with Gasteiger partial charge in [0.2, 0.25) is 0 Å². The van der Waals surface area contributed by atoms with Gasteiger partial charge in [-0.15, -0.1) is 0 Å². The Kier molecular flexibility index (Phi) is 5.40. The van der Waals surface area contributed by atoms with Crippen molar-refractivity contribution in [2.24, 2.45) is 5.92 Å². The standard InChI is InChI=1S/C22H28N2O2/c1-14(2)17-6-8-18(9-7-17)21(25)12-16-5-10-20-19(11-16)13-22(26)24(23-20)15(3)4/h6-9,13-16H,5,10-12H2,1-4H3. The summed E-state index contributed by atoms with van der Waals surface area (Å²) in [5, 5.41) is 4.53. The van der Waals surface area contributed by atoms with Crippen molar-refractivity contribution in [2.45, 2.75) is 65.3 Å². The van der Waals surface area contributed by atoms with Gasteiger partial charge in [0.25, 0.3) is 5.56 Å². The number of hydrogen-bond acceptors (Lipinski definition) is 3. The minimum absolute atomic E-state index is 0.0463. The summed E-state index contributed by atoms with van der Waals surface area (Å²) >= 11 is 0. The third-order valence-corrected chi connectivity index (χ3v) is 5.28. The lowest BCUT2D eigenvalue weighted by molar-refractivity contribution is 0.0957. The molecule has 0 fully saturated rings. The number of nitrogens with zero attached hydrogens (tertiary/aromatic N) is 2. The summed E-state index contributed by atoms with van der Waals surface area (Å²) < 4.78 is 1.56. The summed E-state index contributed by atoms with van der Waals surface area (Å²) in [4.78, 5) is 24.8. The molecular weight excluding hydrogens is 324 g/mol.